The zero-order valence-electron chi connectivity index (χ0n) is 11.7. The molecule has 102 valence electrons. The number of nitrogens with zero attached hydrogens (tertiary/aromatic N) is 2. The Balaban J connectivity index is 1.86. The van der Waals surface area contributed by atoms with Crippen molar-refractivity contribution in [3.05, 3.63) is 65.2 Å². The molecule has 3 heteroatoms. The van der Waals surface area contributed by atoms with Crippen LogP contribution in [0.4, 0.5) is 4.39 Å². The Labute approximate surface area is 117 Å². The summed E-state index contributed by atoms with van der Waals surface area (Å²) in [4.78, 5) is 4.66. The summed E-state index contributed by atoms with van der Waals surface area (Å²) in [5, 5.41) is 0. The first-order valence-electron chi connectivity index (χ1n) is 6.80. The van der Waals surface area contributed by atoms with E-state index in [4.69, 9.17) is 0 Å². The van der Waals surface area contributed by atoms with E-state index in [0.717, 1.165) is 35.3 Å². The van der Waals surface area contributed by atoms with E-state index in [1.807, 2.05) is 13.1 Å². The fourth-order valence-electron chi connectivity index (χ4n) is 2.52. The summed E-state index contributed by atoms with van der Waals surface area (Å²) in [6, 6.07) is 13.0. The van der Waals surface area contributed by atoms with Crippen molar-refractivity contribution >= 4 is 11.0 Å². The summed E-state index contributed by atoms with van der Waals surface area (Å²) < 4.78 is 15.3. The Morgan fingerprint density at radius 3 is 2.75 bits per heavy atom. The van der Waals surface area contributed by atoms with Crippen LogP contribution in [0, 0.1) is 12.7 Å². The van der Waals surface area contributed by atoms with Crippen molar-refractivity contribution in [1.29, 1.82) is 0 Å². The van der Waals surface area contributed by atoms with E-state index >= 15 is 0 Å². The minimum Gasteiger partial charge on any atom is -0.331 e. The maximum absolute atomic E-state index is 13.2. The quantitative estimate of drug-likeness (QED) is 0.706. The molecule has 0 aliphatic heterocycles. The average molecular weight is 268 g/mol. The third-order valence-electron chi connectivity index (χ3n) is 3.66. The maximum atomic E-state index is 13.2. The zero-order chi connectivity index (χ0) is 14.1. The van der Waals surface area contributed by atoms with Crippen molar-refractivity contribution in [1.82, 2.24) is 9.55 Å². The van der Waals surface area contributed by atoms with Crippen LogP contribution in [0.15, 0.2) is 42.5 Å². The van der Waals surface area contributed by atoms with E-state index in [1.165, 1.54) is 11.6 Å². The van der Waals surface area contributed by atoms with E-state index in [1.54, 1.807) is 12.1 Å². The number of aryl methyl sites for hydroxylation is 4. The fraction of sp³-hybridized carbons (Fsp3) is 0.235. The molecule has 2 aromatic carbocycles. The van der Waals surface area contributed by atoms with Gasteiger partial charge >= 0.3 is 0 Å². The molecule has 1 aromatic heterocycles. The molecule has 3 rings (SSSR count). The van der Waals surface area contributed by atoms with Crippen LogP contribution in [-0.4, -0.2) is 9.55 Å². The number of aromatic nitrogens is 2. The molecule has 0 N–H and O–H groups in total. The summed E-state index contributed by atoms with van der Waals surface area (Å²) in [5.41, 5.74) is 4.41. The van der Waals surface area contributed by atoms with E-state index in [9.17, 15) is 4.39 Å². The Kier molecular flexibility index (Phi) is 3.26. The van der Waals surface area contributed by atoms with Crippen LogP contribution >= 0.6 is 0 Å². The molecule has 3 aromatic rings. The molecule has 0 amide bonds. The van der Waals surface area contributed by atoms with Crippen LogP contribution in [0.1, 0.15) is 17.0 Å². The number of fused-ring (bicyclic) bond motifs is 1. The molecule has 0 aliphatic carbocycles. The Hall–Kier alpha value is -2.16. The summed E-state index contributed by atoms with van der Waals surface area (Å²) in [5.74, 6) is 0.859. The normalized spacial score (nSPS) is 11.2. The van der Waals surface area contributed by atoms with Crippen molar-refractivity contribution in [2.45, 2.75) is 19.8 Å². The molecule has 1 heterocycles. The molecular formula is C17H17FN2. The van der Waals surface area contributed by atoms with Crippen molar-refractivity contribution < 1.29 is 4.39 Å². The lowest BCUT2D eigenvalue weighted by molar-refractivity contribution is 0.624. The first kappa shape index (κ1) is 12.9. The monoisotopic (exact) mass is 268 g/mol. The smallest absolute Gasteiger partial charge is 0.123 e. The third-order valence-corrected chi connectivity index (χ3v) is 3.66. The topological polar surface area (TPSA) is 17.8 Å². The molecule has 0 bridgehead atoms. The van der Waals surface area contributed by atoms with Gasteiger partial charge in [-0.05, 0) is 48.7 Å². The number of imidazole rings is 1. The van der Waals surface area contributed by atoms with Crippen molar-refractivity contribution in [3.63, 3.8) is 0 Å². The van der Waals surface area contributed by atoms with E-state index in [2.05, 4.69) is 34.7 Å². The van der Waals surface area contributed by atoms with Gasteiger partial charge in [0.05, 0.1) is 11.0 Å². The van der Waals surface area contributed by atoms with Crippen LogP contribution in [-0.2, 0) is 19.9 Å². The summed E-state index contributed by atoms with van der Waals surface area (Å²) >= 11 is 0. The number of halogens is 1. The minimum absolute atomic E-state index is 0.178. The van der Waals surface area contributed by atoms with Gasteiger partial charge in [-0.15, -0.1) is 0 Å². The molecule has 0 saturated carbocycles. The van der Waals surface area contributed by atoms with Crippen molar-refractivity contribution in [3.8, 4) is 0 Å². The SMILES string of the molecule is Cc1ccc2nc(CCc3cccc(F)c3)n(C)c2c1. The van der Waals surface area contributed by atoms with Gasteiger partial charge in [-0.25, -0.2) is 9.37 Å². The largest absolute Gasteiger partial charge is 0.331 e. The molecule has 0 aliphatic rings. The van der Waals surface area contributed by atoms with Crippen molar-refractivity contribution in [2.24, 2.45) is 7.05 Å². The predicted molar refractivity (Wildman–Crippen MR) is 79.3 cm³/mol. The van der Waals surface area contributed by atoms with E-state index < -0.39 is 0 Å². The Morgan fingerprint density at radius 1 is 1.10 bits per heavy atom. The van der Waals surface area contributed by atoms with Gasteiger partial charge in [0.25, 0.3) is 0 Å². The van der Waals surface area contributed by atoms with Gasteiger partial charge in [0.2, 0.25) is 0 Å². The lowest BCUT2D eigenvalue weighted by Crippen LogP contribution is -2.00. The van der Waals surface area contributed by atoms with Crippen LogP contribution in [0.25, 0.3) is 11.0 Å². The lowest BCUT2D eigenvalue weighted by Gasteiger charge is -2.03. The molecule has 0 radical (unpaired) electrons. The highest BCUT2D eigenvalue weighted by atomic mass is 19.1. The average Bonchev–Trinajstić information content (AvgIpc) is 2.73. The zero-order valence-corrected chi connectivity index (χ0v) is 11.7. The molecule has 2 nitrogen and oxygen atoms in total. The van der Waals surface area contributed by atoms with Crippen LogP contribution in [0.5, 0.6) is 0 Å². The highest BCUT2D eigenvalue weighted by Crippen LogP contribution is 2.18. The molecule has 0 fully saturated rings. The second kappa shape index (κ2) is 5.08. The van der Waals surface area contributed by atoms with Gasteiger partial charge in [0.15, 0.2) is 0 Å². The van der Waals surface area contributed by atoms with Gasteiger partial charge in [0, 0.05) is 13.5 Å². The molecule has 0 spiro atoms. The number of hydrogen-bond acceptors (Lipinski definition) is 1. The van der Waals surface area contributed by atoms with Gasteiger partial charge in [-0.2, -0.15) is 0 Å². The fourth-order valence-corrected chi connectivity index (χ4v) is 2.52. The second-order valence-electron chi connectivity index (χ2n) is 5.21. The van der Waals surface area contributed by atoms with Gasteiger partial charge < -0.3 is 4.57 Å². The van der Waals surface area contributed by atoms with Gasteiger partial charge in [-0.3, -0.25) is 0 Å². The lowest BCUT2D eigenvalue weighted by atomic mass is 10.1. The third kappa shape index (κ3) is 2.44. The predicted octanol–water partition coefficient (Wildman–Crippen LogP) is 3.81. The maximum Gasteiger partial charge on any atom is 0.123 e. The van der Waals surface area contributed by atoms with Gasteiger partial charge in [-0.1, -0.05) is 18.2 Å². The number of benzene rings is 2. The highest BCUT2D eigenvalue weighted by Gasteiger charge is 2.08. The molecular weight excluding hydrogens is 251 g/mol. The number of rotatable bonds is 3. The molecule has 0 unspecified atom stereocenters. The molecule has 0 saturated heterocycles. The summed E-state index contributed by atoms with van der Waals surface area (Å²) in [6.45, 7) is 2.08. The van der Waals surface area contributed by atoms with E-state index in [-0.39, 0.29) is 5.82 Å². The standard InChI is InChI=1S/C17H17FN2/c1-12-6-8-15-16(10-12)20(2)17(19-15)9-7-13-4-3-5-14(18)11-13/h3-6,8,10-11H,7,9H2,1-2H3. The Morgan fingerprint density at radius 2 is 1.95 bits per heavy atom. The van der Waals surface area contributed by atoms with Crippen LogP contribution in [0.3, 0.4) is 0 Å². The summed E-state index contributed by atoms with van der Waals surface area (Å²) in [6.07, 6.45) is 1.61. The Bertz CT molecular complexity index is 759. The minimum atomic E-state index is -0.178. The van der Waals surface area contributed by atoms with Crippen molar-refractivity contribution in [2.75, 3.05) is 0 Å². The molecule has 0 atom stereocenters. The van der Waals surface area contributed by atoms with Gasteiger partial charge in [0.1, 0.15) is 11.6 Å². The first-order valence-corrected chi connectivity index (χ1v) is 6.80. The summed E-state index contributed by atoms with van der Waals surface area (Å²) in [7, 11) is 2.04. The van der Waals surface area contributed by atoms with Crippen LogP contribution < -0.4 is 0 Å². The van der Waals surface area contributed by atoms with Crippen LogP contribution in [0.2, 0.25) is 0 Å². The van der Waals surface area contributed by atoms with E-state index in [0.29, 0.717) is 0 Å². The first-order chi connectivity index (χ1) is 9.63. The number of hydrogen-bond donors (Lipinski definition) is 0. The second-order valence-corrected chi connectivity index (χ2v) is 5.21. The highest BCUT2D eigenvalue weighted by molar-refractivity contribution is 5.76. The molecule has 20 heavy (non-hydrogen) atoms.